The molecule has 2 aromatic rings. The van der Waals surface area contributed by atoms with Gasteiger partial charge in [-0.15, -0.1) is 11.3 Å². The molecule has 1 saturated carbocycles. The van der Waals surface area contributed by atoms with Crippen LogP contribution in [0, 0.1) is 12.8 Å². The van der Waals surface area contributed by atoms with Crippen molar-refractivity contribution in [3.63, 3.8) is 0 Å². The van der Waals surface area contributed by atoms with Crippen molar-refractivity contribution in [2.24, 2.45) is 5.92 Å². The Bertz CT molecular complexity index is 545. The number of hydrogen-bond donors (Lipinski definition) is 1. The van der Waals surface area contributed by atoms with Gasteiger partial charge in [0.15, 0.2) is 0 Å². The topological polar surface area (TPSA) is 37.8 Å². The Morgan fingerprint density at radius 1 is 1.44 bits per heavy atom. The highest BCUT2D eigenvalue weighted by molar-refractivity contribution is 7.18. The minimum absolute atomic E-state index is 0.554. The van der Waals surface area contributed by atoms with Crippen LogP contribution in [0.1, 0.15) is 38.2 Å². The molecule has 96 valence electrons. The zero-order valence-corrected chi connectivity index (χ0v) is 11.8. The van der Waals surface area contributed by atoms with Gasteiger partial charge in [-0.2, -0.15) is 0 Å². The second-order valence-corrected chi connectivity index (χ2v) is 6.13. The van der Waals surface area contributed by atoms with Crippen LogP contribution in [-0.4, -0.2) is 16.0 Å². The summed E-state index contributed by atoms with van der Waals surface area (Å²) >= 11 is 1.74. The van der Waals surface area contributed by atoms with Gasteiger partial charge in [0, 0.05) is 6.04 Å². The minimum atomic E-state index is 0.554. The third-order valence-corrected chi connectivity index (χ3v) is 4.77. The highest BCUT2D eigenvalue weighted by Crippen LogP contribution is 2.35. The summed E-state index contributed by atoms with van der Waals surface area (Å²) in [5, 5.41) is 5.77. The largest absolute Gasteiger partial charge is 0.366 e. The highest BCUT2D eigenvalue weighted by atomic mass is 32.1. The number of rotatable bonds is 5. The van der Waals surface area contributed by atoms with Crippen molar-refractivity contribution in [2.45, 2.75) is 45.6 Å². The van der Waals surface area contributed by atoms with Gasteiger partial charge in [0.05, 0.1) is 10.2 Å². The van der Waals surface area contributed by atoms with Crippen molar-refractivity contribution in [2.75, 3.05) is 5.32 Å². The molecular formula is C14H19N3S. The van der Waals surface area contributed by atoms with E-state index in [4.69, 9.17) is 0 Å². The molecule has 0 saturated heterocycles. The van der Waals surface area contributed by atoms with Gasteiger partial charge in [-0.1, -0.05) is 19.8 Å². The van der Waals surface area contributed by atoms with Crippen LogP contribution in [0.3, 0.4) is 0 Å². The standard InChI is InChI=1S/C14H19N3S/c1-3-11(6-10-4-5-10)17-14-13-12(15-8-16-14)9(2)7-18-13/h7-8,10-11H,3-6H2,1-2H3,(H,15,16,17). The van der Waals surface area contributed by atoms with E-state index in [0.717, 1.165) is 23.7 Å². The van der Waals surface area contributed by atoms with E-state index in [-0.39, 0.29) is 0 Å². The maximum atomic E-state index is 4.42. The van der Waals surface area contributed by atoms with E-state index < -0.39 is 0 Å². The van der Waals surface area contributed by atoms with E-state index in [1.807, 2.05) is 0 Å². The highest BCUT2D eigenvalue weighted by Gasteiger charge is 2.25. The van der Waals surface area contributed by atoms with Gasteiger partial charge in [-0.3, -0.25) is 0 Å². The van der Waals surface area contributed by atoms with Crippen LogP contribution in [0.2, 0.25) is 0 Å². The Morgan fingerprint density at radius 3 is 3.00 bits per heavy atom. The van der Waals surface area contributed by atoms with Crippen molar-refractivity contribution < 1.29 is 0 Å². The molecule has 4 heteroatoms. The number of thiophene rings is 1. The van der Waals surface area contributed by atoms with Crippen LogP contribution < -0.4 is 5.32 Å². The molecule has 1 aliphatic carbocycles. The predicted molar refractivity (Wildman–Crippen MR) is 77.2 cm³/mol. The van der Waals surface area contributed by atoms with E-state index in [9.17, 15) is 0 Å². The molecule has 2 aromatic heterocycles. The number of fused-ring (bicyclic) bond motifs is 1. The zero-order chi connectivity index (χ0) is 12.5. The number of anilines is 1. The van der Waals surface area contributed by atoms with Crippen molar-refractivity contribution in [3.05, 3.63) is 17.3 Å². The summed E-state index contributed by atoms with van der Waals surface area (Å²) in [6.07, 6.45) is 6.94. The molecule has 3 rings (SSSR count). The zero-order valence-electron chi connectivity index (χ0n) is 10.9. The van der Waals surface area contributed by atoms with Gasteiger partial charge in [-0.25, -0.2) is 9.97 Å². The first-order valence-corrected chi connectivity index (χ1v) is 7.61. The lowest BCUT2D eigenvalue weighted by Crippen LogP contribution is -2.19. The fourth-order valence-electron chi connectivity index (χ4n) is 2.35. The summed E-state index contributed by atoms with van der Waals surface area (Å²) < 4.78 is 1.20. The van der Waals surface area contributed by atoms with Gasteiger partial charge < -0.3 is 5.32 Å². The molecule has 18 heavy (non-hydrogen) atoms. The first kappa shape index (κ1) is 11.9. The summed E-state index contributed by atoms with van der Waals surface area (Å²) in [6.45, 7) is 4.36. The smallest absolute Gasteiger partial charge is 0.147 e. The first-order chi connectivity index (χ1) is 8.78. The van der Waals surface area contributed by atoms with Crippen LogP contribution >= 0.6 is 11.3 Å². The maximum absolute atomic E-state index is 4.42. The number of nitrogens with one attached hydrogen (secondary N) is 1. The fourth-order valence-corrected chi connectivity index (χ4v) is 3.30. The van der Waals surface area contributed by atoms with E-state index >= 15 is 0 Å². The molecule has 3 nitrogen and oxygen atoms in total. The molecule has 1 atom stereocenters. The average Bonchev–Trinajstić information content (AvgIpc) is 3.12. The Kier molecular flexibility index (Phi) is 3.20. The number of aromatic nitrogens is 2. The third kappa shape index (κ3) is 2.34. The van der Waals surface area contributed by atoms with E-state index in [2.05, 4.69) is 34.5 Å². The summed E-state index contributed by atoms with van der Waals surface area (Å²) in [5.74, 6) is 1.97. The number of hydrogen-bond acceptors (Lipinski definition) is 4. The Labute approximate surface area is 112 Å². The van der Waals surface area contributed by atoms with Gasteiger partial charge in [0.25, 0.3) is 0 Å². The molecule has 1 N–H and O–H groups in total. The number of nitrogens with zero attached hydrogens (tertiary/aromatic N) is 2. The SMILES string of the molecule is CCC(CC1CC1)Nc1ncnc2c(C)csc12. The molecule has 2 heterocycles. The lowest BCUT2D eigenvalue weighted by Gasteiger charge is -2.17. The van der Waals surface area contributed by atoms with E-state index in [0.29, 0.717) is 6.04 Å². The molecule has 1 unspecified atom stereocenters. The van der Waals surface area contributed by atoms with Crippen LogP contribution in [0.15, 0.2) is 11.7 Å². The summed E-state index contributed by atoms with van der Waals surface area (Å²) in [6, 6.07) is 0.554. The Balaban J connectivity index is 1.84. The Hall–Kier alpha value is -1.16. The van der Waals surface area contributed by atoms with Crippen molar-refractivity contribution in [1.29, 1.82) is 0 Å². The molecule has 1 fully saturated rings. The molecular weight excluding hydrogens is 242 g/mol. The lowest BCUT2D eigenvalue weighted by atomic mass is 10.1. The summed E-state index contributed by atoms with van der Waals surface area (Å²) in [5.41, 5.74) is 2.34. The lowest BCUT2D eigenvalue weighted by molar-refractivity contribution is 0.586. The second-order valence-electron chi connectivity index (χ2n) is 5.25. The molecule has 0 spiro atoms. The molecule has 0 bridgehead atoms. The van der Waals surface area contributed by atoms with Crippen LogP contribution in [-0.2, 0) is 0 Å². The monoisotopic (exact) mass is 261 g/mol. The van der Waals surface area contributed by atoms with E-state index in [1.165, 1.54) is 29.5 Å². The summed E-state index contributed by atoms with van der Waals surface area (Å²) in [4.78, 5) is 8.79. The molecule has 0 aliphatic heterocycles. The van der Waals surface area contributed by atoms with Crippen LogP contribution in [0.5, 0.6) is 0 Å². The Morgan fingerprint density at radius 2 is 2.28 bits per heavy atom. The second kappa shape index (κ2) is 4.84. The molecule has 0 radical (unpaired) electrons. The minimum Gasteiger partial charge on any atom is -0.366 e. The predicted octanol–water partition coefficient (Wildman–Crippen LogP) is 3.99. The normalized spacial score (nSPS) is 17.0. The third-order valence-electron chi connectivity index (χ3n) is 3.68. The van der Waals surface area contributed by atoms with Gasteiger partial charge >= 0.3 is 0 Å². The van der Waals surface area contributed by atoms with Crippen molar-refractivity contribution >= 4 is 27.4 Å². The van der Waals surface area contributed by atoms with Crippen LogP contribution in [0.4, 0.5) is 5.82 Å². The fraction of sp³-hybridized carbons (Fsp3) is 0.571. The first-order valence-electron chi connectivity index (χ1n) is 6.73. The van der Waals surface area contributed by atoms with Gasteiger partial charge in [0.2, 0.25) is 0 Å². The van der Waals surface area contributed by atoms with Crippen molar-refractivity contribution in [3.8, 4) is 0 Å². The molecule has 1 aliphatic rings. The number of aryl methyl sites for hydroxylation is 1. The quantitative estimate of drug-likeness (QED) is 0.884. The maximum Gasteiger partial charge on any atom is 0.147 e. The molecule has 0 aromatic carbocycles. The van der Waals surface area contributed by atoms with E-state index in [1.54, 1.807) is 17.7 Å². The molecule has 0 amide bonds. The van der Waals surface area contributed by atoms with Crippen molar-refractivity contribution in [1.82, 2.24) is 9.97 Å². The van der Waals surface area contributed by atoms with Gasteiger partial charge in [0.1, 0.15) is 12.1 Å². The summed E-state index contributed by atoms with van der Waals surface area (Å²) in [7, 11) is 0. The average molecular weight is 261 g/mol. The van der Waals surface area contributed by atoms with Gasteiger partial charge in [-0.05, 0) is 36.6 Å². The van der Waals surface area contributed by atoms with Crippen LogP contribution in [0.25, 0.3) is 10.2 Å².